The molecule has 2 aliphatic rings. The lowest BCUT2D eigenvalue weighted by Gasteiger charge is -2.37. The third-order valence-electron chi connectivity index (χ3n) is 3.79. The van der Waals surface area contributed by atoms with E-state index in [-0.39, 0.29) is 5.91 Å². The van der Waals surface area contributed by atoms with E-state index in [1.54, 1.807) is 0 Å². The third-order valence-corrected chi connectivity index (χ3v) is 3.79. The Labute approximate surface area is 97.6 Å². The van der Waals surface area contributed by atoms with E-state index in [2.05, 4.69) is 10.2 Å². The van der Waals surface area contributed by atoms with Crippen molar-refractivity contribution in [2.24, 2.45) is 5.73 Å². The van der Waals surface area contributed by atoms with E-state index < -0.39 is 0 Å². The fourth-order valence-electron chi connectivity index (χ4n) is 2.92. The highest BCUT2D eigenvalue weighted by Gasteiger charge is 2.27. The van der Waals surface area contributed by atoms with Gasteiger partial charge < -0.3 is 11.1 Å². The molecule has 2 aliphatic heterocycles. The fourth-order valence-corrected chi connectivity index (χ4v) is 2.92. The Bertz CT molecular complexity index is 242. The van der Waals surface area contributed by atoms with Gasteiger partial charge in [-0.1, -0.05) is 6.42 Å². The van der Waals surface area contributed by atoms with Crippen LogP contribution in [0.4, 0.5) is 0 Å². The molecular weight excluding hydrogens is 202 g/mol. The zero-order valence-electron chi connectivity index (χ0n) is 9.95. The smallest absolute Gasteiger partial charge is 0.220 e. The van der Waals surface area contributed by atoms with Gasteiger partial charge in [0.15, 0.2) is 0 Å². The van der Waals surface area contributed by atoms with Crippen molar-refractivity contribution in [2.75, 3.05) is 19.6 Å². The summed E-state index contributed by atoms with van der Waals surface area (Å²) >= 11 is 0. The van der Waals surface area contributed by atoms with Crippen molar-refractivity contribution in [3.8, 4) is 0 Å². The average Bonchev–Trinajstić information content (AvgIpc) is 2.67. The summed E-state index contributed by atoms with van der Waals surface area (Å²) in [6, 6.07) is 1.03. The van der Waals surface area contributed by atoms with E-state index in [1.807, 2.05) is 0 Å². The number of hydrogen-bond donors (Lipinski definition) is 2. The molecular formula is C12H23N3O. The summed E-state index contributed by atoms with van der Waals surface area (Å²) < 4.78 is 0. The normalized spacial score (nSPS) is 31.7. The molecule has 2 heterocycles. The van der Waals surface area contributed by atoms with Gasteiger partial charge in [-0.05, 0) is 38.8 Å². The van der Waals surface area contributed by atoms with Crippen LogP contribution in [-0.4, -0.2) is 42.5 Å². The lowest BCUT2D eigenvalue weighted by atomic mass is 9.98. The topological polar surface area (TPSA) is 58.4 Å². The first kappa shape index (κ1) is 11.9. The Morgan fingerprint density at radius 2 is 2.25 bits per heavy atom. The molecule has 3 N–H and O–H groups in total. The van der Waals surface area contributed by atoms with Crippen molar-refractivity contribution < 1.29 is 4.79 Å². The van der Waals surface area contributed by atoms with E-state index in [4.69, 9.17) is 5.73 Å². The van der Waals surface area contributed by atoms with Crippen LogP contribution < -0.4 is 11.1 Å². The molecule has 1 amide bonds. The van der Waals surface area contributed by atoms with Crippen LogP contribution in [0.25, 0.3) is 0 Å². The maximum atomic E-state index is 11.2. The number of likely N-dealkylation sites (tertiary alicyclic amines) is 1. The minimum Gasteiger partial charge on any atom is -0.352 e. The molecule has 2 rings (SSSR count). The van der Waals surface area contributed by atoms with Crippen molar-refractivity contribution in [1.29, 1.82) is 0 Å². The van der Waals surface area contributed by atoms with Gasteiger partial charge in [0.1, 0.15) is 0 Å². The summed E-state index contributed by atoms with van der Waals surface area (Å²) in [7, 11) is 0. The van der Waals surface area contributed by atoms with E-state index >= 15 is 0 Å². The number of nitrogens with two attached hydrogens (primary N) is 1. The van der Waals surface area contributed by atoms with Crippen LogP contribution in [0.5, 0.6) is 0 Å². The van der Waals surface area contributed by atoms with Gasteiger partial charge in [-0.3, -0.25) is 9.69 Å². The number of nitrogens with one attached hydrogen (secondary N) is 1. The summed E-state index contributed by atoms with van der Waals surface area (Å²) in [5, 5.41) is 3.05. The van der Waals surface area contributed by atoms with E-state index in [1.165, 1.54) is 25.8 Å². The number of hydrogen-bond acceptors (Lipinski definition) is 3. The summed E-state index contributed by atoms with van der Waals surface area (Å²) in [6.45, 7) is 2.98. The molecule has 2 fully saturated rings. The standard InChI is InChI=1S/C12H23N3O/c13-7-6-11-3-1-2-8-15(11)9-10-4-5-12(16)14-10/h10-11H,1-9,13H2,(H,14,16). The molecule has 4 heteroatoms. The van der Waals surface area contributed by atoms with Gasteiger partial charge in [-0.15, -0.1) is 0 Å². The molecule has 2 saturated heterocycles. The van der Waals surface area contributed by atoms with E-state index in [0.29, 0.717) is 18.5 Å². The monoisotopic (exact) mass is 225 g/mol. The zero-order valence-corrected chi connectivity index (χ0v) is 9.95. The van der Waals surface area contributed by atoms with Crippen LogP contribution >= 0.6 is 0 Å². The molecule has 0 spiro atoms. The molecule has 0 bridgehead atoms. The van der Waals surface area contributed by atoms with Crippen LogP contribution in [0.2, 0.25) is 0 Å². The third kappa shape index (κ3) is 2.95. The van der Waals surface area contributed by atoms with Crippen LogP contribution in [0.15, 0.2) is 0 Å². The molecule has 16 heavy (non-hydrogen) atoms. The number of carbonyl (C=O) groups is 1. The second-order valence-electron chi connectivity index (χ2n) is 5.03. The summed E-state index contributed by atoms with van der Waals surface area (Å²) in [5.74, 6) is 0.220. The second-order valence-corrected chi connectivity index (χ2v) is 5.03. The van der Waals surface area contributed by atoms with Crippen molar-refractivity contribution in [3.63, 3.8) is 0 Å². The fraction of sp³-hybridized carbons (Fsp3) is 0.917. The Kier molecular flexibility index (Phi) is 4.18. The predicted molar refractivity (Wildman–Crippen MR) is 64.0 cm³/mol. The van der Waals surface area contributed by atoms with Gasteiger partial charge in [-0.2, -0.15) is 0 Å². The highest BCUT2D eigenvalue weighted by Crippen LogP contribution is 2.21. The van der Waals surface area contributed by atoms with Crippen LogP contribution in [0.3, 0.4) is 0 Å². The zero-order chi connectivity index (χ0) is 11.4. The van der Waals surface area contributed by atoms with E-state index in [0.717, 1.165) is 25.9 Å². The van der Waals surface area contributed by atoms with Gasteiger partial charge in [0.2, 0.25) is 5.91 Å². The van der Waals surface area contributed by atoms with Gasteiger partial charge in [0, 0.05) is 25.0 Å². The maximum Gasteiger partial charge on any atom is 0.220 e. The molecule has 0 saturated carbocycles. The average molecular weight is 225 g/mol. The second kappa shape index (κ2) is 5.64. The number of carbonyl (C=O) groups excluding carboxylic acids is 1. The van der Waals surface area contributed by atoms with Crippen LogP contribution in [-0.2, 0) is 4.79 Å². The summed E-state index contributed by atoms with van der Waals surface area (Å²) in [4.78, 5) is 13.7. The molecule has 0 radical (unpaired) electrons. The lowest BCUT2D eigenvalue weighted by molar-refractivity contribution is -0.119. The Morgan fingerprint density at radius 1 is 1.38 bits per heavy atom. The van der Waals surface area contributed by atoms with Crippen molar-refractivity contribution in [2.45, 2.75) is 50.6 Å². The Balaban J connectivity index is 1.83. The van der Waals surface area contributed by atoms with Gasteiger partial charge in [0.25, 0.3) is 0 Å². The minimum atomic E-state index is 0.220. The quantitative estimate of drug-likeness (QED) is 0.731. The molecule has 4 nitrogen and oxygen atoms in total. The van der Waals surface area contributed by atoms with Gasteiger partial charge >= 0.3 is 0 Å². The first-order chi connectivity index (χ1) is 7.79. The molecule has 0 aromatic rings. The van der Waals surface area contributed by atoms with Gasteiger partial charge in [-0.25, -0.2) is 0 Å². The predicted octanol–water partition coefficient (Wildman–Crippen LogP) is 0.468. The van der Waals surface area contributed by atoms with Gasteiger partial charge in [0.05, 0.1) is 0 Å². The minimum absolute atomic E-state index is 0.220. The lowest BCUT2D eigenvalue weighted by Crippen LogP contribution is -2.47. The van der Waals surface area contributed by atoms with Crippen molar-refractivity contribution in [1.82, 2.24) is 10.2 Å². The highest BCUT2D eigenvalue weighted by molar-refractivity contribution is 5.78. The first-order valence-electron chi connectivity index (χ1n) is 6.53. The molecule has 0 aromatic heterocycles. The molecule has 0 aliphatic carbocycles. The van der Waals surface area contributed by atoms with E-state index in [9.17, 15) is 4.79 Å². The maximum absolute atomic E-state index is 11.2. The highest BCUT2D eigenvalue weighted by atomic mass is 16.1. The first-order valence-corrected chi connectivity index (χ1v) is 6.53. The number of piperidine rings is 1. The van der Waals surface area contributed by atoms with Crippen molar-refractivity contribution >= 4 is 5.91 Å². The molecule has 2 atom stereocenters. The Morgan fingerprint density at radius 3 is 2.94 bits per heavy atom. The Hall–Kier alpha value is -0.610. The molecule has 92 valence electrons. The summed E-state index contributed by atoms with van der Waals surface area (Å²) in [5.41, 5.74) is 5.66. The number of rotatable bonds is 4. The summed E-state index contributed by atoms with van der Waals surface area (Å²) in [6.07, 6.45) is 6.71. The number of nitrogens with zero attached hydrogens (tertiary/aromatic N) is 1. The molecule has 2 unspecified atom stereocenters. The van der Waals surface area contributed by atoms with Crippen molar-refractivity contribution in [3.05, 3.63) is 0 Å². The van der Waals surface area contributed by atoms with Crippen LogP contribution in [0.1, 0.15) is 38.5 Å². The van der Waals surface area contributed by atoms with Crippen LogP contribution in [0, 0.1) is 0 Å². The number of amides is 1. The SMILES string of the molecule is NCCC1CCCCN1CC1CCC(=O)N1. The largest absolute Gasteiger partial charge is 0.352 e. The molecule has 0 aromatic carbocycles.